The van der Waals surface area contributed by atoms with Crippen molar-refractivity contribution in [1.29, 1.82) is 0 Å². The Morgan fingerprint density at radius 3 is 2.27 bits per heavy atom. The number of hydrogen-bond acceptors (Lipinski definition) is 4. The summed E-state index contributed by atoms with van der Waals surface area (Å²) in [4.78, 5) is 23.9. The Labute approximate surface area is 132 Å². The number of esters is 1. The van der Waals surface area contributed by atoms with Crippen LogP contribution in [0, 0.1) is 5.92 Å². The Bertz CT molecular complexity index is 493. The van der Waals surface area contributed by atoms with Crippen LogP contribution in [-0.4, -0.2) is 30.8 Å². The molecule has 0 aliphatic carbocycles. The number of carbonyl (C=O) groups excluding carboxylic acids is 2. The molecule has 0 radical (unpaired) electrons. The monoisotopic (exact) mass is 307 g/mol. The van der Waals surface area contributed by atoms with Crippen LogP contribution < -0.4 is 5.32 Å². The first-order valence-corrected chi connectivity index (χ1v) is 7.34. The van der Waals surface area contributed by atoms with Gasteiger partial charge >= 0.3 is 12.1 Å². The van der Waals surface area contributed by atoms with Gasteiger partial charge in [-0.15, -0.1) is 0 Å². The number of methoxy groups -OCH3 is 1. The standard InChI is InChI=1S/C17H25NO4/c1-12(18-16(20)22-17(2,3)4)14(15(19)21-5)11-13-9-7-6-8-10-13/h6-10,12,14H,11H2,1-5H3,(H,18,20)/t12-,14-/m0/s1. The molecule has 1 aromatic carbocycles. The van der Waals surface area contributed by atoms with Crippen LogP contribution in [0.25, 0.3) is 0 Å². The zero-order valence-electron chi connectivity index (χ0n) is 13.9. The highest BCUT2D eigenvalue weighted by Crippen LogP contribution is 2.15. The molecule has 1 rings (SSSR count). The predicted octanol–water partition coefficient (Wildman–Crippen LogP) is 2.93. The molecule has 1 aromatic rings. The number of rotatable bonds is 5. The number of nitrogens with one attached hydrogen (secondary N) is 1. The van der Waals surface area contributed by atoms with E-state index in [1.165, 1.54) is 7.11 Å². The van der Waals surface area contributed by atoms with Crippen molar-refractivity contribution < 1.29 is 19.1 Å². The normalized spacial score (nSPS) is 13.9. The summed E-state index contributed by atoms with van der Waals surface area (Å²) in [6.45, 7) is 7.14. The zero-order chi connectivity index (χ0) is 16.8. The van der Waals surface area contributed by atoms with E-state index in [-0.39, 0.29) is 5.97 Å². The van der Waals surface area contributed by atoms with Gasteiger partial charge in [0.25, 0.3) is 0 Å². The third-order valence-corrected chi connectivity index (χ3v) is 3.15. The minimum absolute atomic E-state index is 0.354. The fourth-order valence-electron chi connectivity index (χ4n) is 2.08. The van der Waals surface area contributed by atoms with Crippen LogP contribution in [-0.2, 0) is 20.7 Å². The summed E-state index contributed by atoms with van der Waals surface area (Å²) in [5, 5.41) is 2.71. The molecule has 0 aromatic heterocycles. The maximum Gasteiger partial charge on any atom is 0.407 e. The minimum atomic E-state index is -0.579. The molecule has 0 aliphatic heterocycles. The van der Waals surface area contributed by atoms with Crippen molar-refractivity contribution in [2.24, 2.45) is 5.92 Å². The molecule has 0 saturated carbocycles. The molecule has 0 bridgehead atoms. The largest absolute Gasteiger partial charge is 0.469 e. The van der Waals surface area contributed by atoms with Crippen LogP contribution >= 0.6 is 0 Å². The van der Waals surface area contributed by atoms with E-state index in [2.05, 4.69) is 5.32 Å². The van der Waals surface area contributed by atoms with E-state index >= 15 is 0 Å². The number of amides is 1. The van der Waals surface area contributed by atoms with Crippen LogP contribution in [0.2, 0.25) is 0 Å². The highest BCUT2D eigenvalue weighted by molar-refractivity contribution is 5.75. The summed E-state index contributed by atoms with van der Waals surface area (Å²) < 4.78 is 10.1. The number of carbonyl (C=O) groups is 2. The Kier molecular flexibility index (Phi) is 6.40. The van der Waals surface area contributed by atoms with E-state index in [1.807, 2.05) is 30.3 Å². The number of ether oxygens (including phenoxy) is 2. The molecule has 122 valence electrons. The van der Waals surface area contributed by atoms with Crippen molar-refractivity contribution in [2.45, 2.75) is 45.8 Å². The molecule has 1 amide bonds. The van der Waals surface area contributed by atoms with Gasteiger partial charge in [-0.1, -0.05) is 30.3 Å². The summed E-state index contributed by atoms with van der Waals surface area (Å²) in [5.41, 5.74) is 0.431. The lowest BCUT2D eigenvalue weighted by Crippen LogP contribution is -2.44. The van der Waals surface area contributed by atoms with Gasteiger partial charge in [0.05, 0.1) is 13.0 Å². The third kappa shape index (κ3) is 6.16. The van der Waals surface area contributed by atoms with E-state index in [1.54, 1.807) is 27.7 Å². The van der Waals surface area contributed by atoms with Gasteiger partial charge in [-0.2, -0.15) is 0 Å². The molecule has 0 unspecified atom stereocenters. The molecule has 0 heterocycles. The topological polar surface area (TPSA) is 64.6 Å². The Balaban J connectivity index is 2.75. The van der Waals surface area contributed by atoms with Gasteiger partial charge in [0.15, 0.2) is 0 Å². The Morgan fingerprint density at radius 2 is 1.77 bits per heavy atom. The average molecular weight is 307 g/mol. The van der Waals surface area contributed by atoms with Crippen molar-refractivity contribution in [1.82, 2.24) is 5.32 Å². The van der Waals surface area contributed by atoms with E-state index < -0.39 is 23.7 Å². The summed E-state index contributed by atoms with van der Waals surface area (Å²) in [7, 11) is 1.35. The summed E-state index contributed by atoms with van der Waals surface area (Å²) >= 11 is 0. The van der Waals surface area contributed by atoms with E-state index in [0.717, 1.165) is 5.56 Å². The SMILES string of the molecule is COC(=O)[C@@H](Cc1ccccc1)[C@H](C)NC(=O)OC(C)(C)C. The van der Waals surface area contributed by atoms with E-state index in [9.17, 15) is 9.59 Å². The highest BCUT2D eigenvalue weighted by Gasteiger charge is 2.29. The Hall–Kier alpha value is -2.04. The molecule has 5 nitrogen and oxygen atoms in total. The van der Waals surface area contributed by atoms with Gasteiger partial charge in [-0.3, -0.25) is 4.79 Å². The first-order valence-electron chi connectivity index (χ1n) is 7.34. The van der Waals surface area contributed by atoms with Crippen LogP contribution in [0.4, 0.5) is 4.79 Å². The fraction of sp³-hybridized carbons (Fsp3) is 0.529. The lowest BCUT2D eigenvalue weighted by atomic mass is 9.93. The molecule has 0 saturated heterocycles. The molecule has 0 fully saturated rings. The lowest BCUT2D eigenvalue weighted by molar-refractivity contribution is -0.146. The number of benzene rings is 1. The maximum atomic E-state index is 12.0. The van der Waals surface area contributed by atoms with Gasteiger partial charge < -0.3 is 14.8 Å². The van der Waals surface area contributed by atoms with Crippen LogP contribution in [0.15, 0.2) is 30.3 Å². The van der Waals surface area contributed by atoms with Gasteiger partial charge in [-0.05, 0) is 39.7 Å². The minimum Gasteiger partial charge on any atom is -0.469 e. The van der Waals surface area contributed by atoms with Crippen LogP contribution in [0.1, 0.15) is 33.3 Å². The summed E-state index contributed by atoms with van der Waals surface area (Å²) in [5.74, 6) is -0.827. The smallest absolute Gasteiger partial charge is 0.407 e. The van der Waals surface area contributed by atoms with Crippen molar-refractivity contribution in [3.63, 3.8) is 0 Å². The lowest BCUT2D eigenvalue weighted by Gasteiger charge is -2.25. The molecule has 0 aliphatic rings. The second-order valence-electron chi connectivity index (χ2n) is 6.25. The first-order chi connectivity index (χ1) is 10.2. The van der Waals surface area contributed by atoms with E-state index in [4.69, 9.17) is 9.47 Å². The maximum absolute atomic E-state index is 12.0. The van der Waals surface area contributed by atoms with Crippen molar-refractivity contribution >= 4 is 12.1 Å². The first kappa shape index (κ1) is 18.0. The molecular weight excluding hydrogens is 282 g/mol. The molecule has 22 heavy (non-hydrogen) atoms. The van der Waals surface area contributed by atoms with Crippen molar-refractivity contribution in [3.8, 4) is 0 Å². The molecule has 5 heteroatoms. The number of alkyl carbamates (subject to hydrolysis) is 1. The van der Waals surface area contributed by atoms with Gasteiger partial charge in [-0.25, -0.2) is 4.79 Å². The van der Waals surface area contributed by atoms with Crippen LogP contribution in [0.5, 0.6) is 0 Å². The van der Waals surface area contributed by atoms with E-state index in [0.29, 0.717) is 6.42 Å². The fourth-order valence-corrected chi connectivity index (χ4v) is 2.08. The van der Waals surface area contributed by atoms with Gasteiger partial charge in [0, 0.05) is 6.04 Å². The molecular formula is C17H25NO4. The predicted molar refractivity (Wildman–Crippen MR) is 84.5 cm³/mol. The summed E-state index contributed by atoms with van der Waals surface area (Å²) in [6, 6.07) is 9.22. The molecule has 1 N–H and O–H groups in total. The second-order valence-corrected chi connectivity index (χ2v) is 6.25. The molecule has 2 atom stereocenters. The average Bonchev–Trinajstić information content (AvgIpc) is 2.42. The molecule has 0 spiro atoms. The summed E-state index contributed by atoms with van der Waals surface area (Å²) in [6.07, 6.45) is -0.0493. The van der Waals surface area contributed by atoms with Crippen molar-refractivity contribution in [2.75, 3.05) is 7.11 Å². The van der Waals surface area contributed by atoms with Gasteiger partial charge in [0.1, 0.15) is 5.60 Å². The van der Waals surface area contributed by atoms with Gasteiger partial charge in [0.2, 0.25) is 0 Å². The Morgan fingerprint density at radius 1 is 1.18 bits per heavy atom. The van der Waals surface area contributed by atoms with Crippen LogP contribution in [0.3, 0.4) is 0 Å². The quantitative estimate of drug-likeness (QED) is 0.850. The highest BCUT2D eigenvalue weighted by atomic mass is 16.6. The second kappa shape index (κ2) is 7.82. The number of hydrogen-bond donors (Lipinski definition) is 1. The van der Waals surface area contributed by atoms with Crippen molar-refractivity contribution in [3.05, 3.63) is 35.9 Å². The zero-order valence-corrected chi connectivity index (χ0v) is 13.9. The third-order valence-electron chi connectivity index (χ3n) is 3.15.